The summed E-state index contributed by atoms with van der Waals surface area (Å²) >= 11 is 0. The van der Waals surface area contributed by atoms with Crippen molar-refractivity contribution in [1.82, 2.24) is 0 Å². The van der Waals surface area contributed by atoms with Crippen LogP contribution in [0.5, 0.6) is 0 Å². The maximum Gasteiger partial charge on any atom is 0.154 e. The van der Waals surface area contributed by atoms with E-state index in [0.717, 1.165) is 0 Å². The monoisotopic (exact) mass is 284 g/mol. The van der Waals surface area contributed by atoms with Crippen molar-refractivity contribution in [2.45, 2.75) is 0 Å². The Morgan fingerprint density at radius 3 is 0.750 bits per heavy atom. The van der Waals surface area contributed by atoms with E-state index < -0.39 is 17.6 Å². The van der Waals surface area contributed by atoms with Crippen LogP contribution < -0.4 is 31.1 Å². The molecule has 0 amide bonds. The predicted octanol–water partition coefficient (Wildman–Crippen LogP) is -0.654. The van der Waals surface area contributed by atoms with Gasteiger partial charge in [-0.1, -0.05) is 104 Å². The van der Waals surface area contributed by atoms with Crippen LogP contribution in [-0.4, -0.2) is 17.6 Å². The summed E-state index contributed by atoms with van der Waals surface area (Å²) in [5.74, 6) is 0. The average molecular weight is 284 g/mol. The quantitative estimate of drug-likeness (QED) is 0.331. The Balaban J connectivity index is 1.93. The molecule has 3 aliphatic heterocycles. The van der Waals surface area contributed by atoms with Gasteiger partial charge in [0.1, 0.15) is 0 Å². The molecular weight excluding hydrogens is 272 g/mol. The second-order valence-electron chi connectivity index (χ2n) is 5.39. The number of rotatable bonds is 0. The third-order valence-electron chi connectivity index (χ3n) is 4.40. The Labute approximate surface area is 121 Å². The third kappa shape index (κ3) is 1.21. The van der Waals surface area contributed by atoms with Gasteiger partial charge in [0.15, 0.2) is 17.6 Å². The van der Waals surface area contributed by atoms with Crippen LogP contribution >= 0.6 is 0 Å². The smallest absolute Gasteiger partial charge is 0.0625 e. The lowest BCUT2D eigenvalue weighted by Gasteiger charge is -2.39. The van der Waals surface area contributed by atoms with Gasteiger partial charge < -0.3 is 0 Å². The molecule has 0 aliphatic carbocycles. The van der Waals surface area contributed by atoms with Crippen LogP contribution in [0.3, 0.4) is 0 Å². The van der Waals surface area contributed by atoms with Gasteiger partial charge in [-0.3, -0.25) is 0 Å². The highest BCUT2D eigenvalue weighted by Crippen LogP contribution is 2.06. The molecule has 3 aliphatic rings. The molecule has 3 aromatic rings. The molecule has 20 heavy (non-hydrogen) atoms. The first-order valence-electron chi connectivity index (χ1n) is 6.98. The fourth-order valence-corrected chi connectivity index (χ4v) is 11.3. The van der Waals surface area contributed by atoms with Gasteiger partial charge in [-0.25, -0.2) is 0 Å². The number of hydrogen-bond acceptors (Lipinski definition) is 0. The molecule has 2 heteroatoms. The zero-order valence-electron chi connectivity index (χ0n) is 10.9. The van der Waals surface area contributed by atoms with Gasteiger partial charge >= 0.3 is 0 Å². The van der Waals surface area contributed by atoms with Crippen molar-refractivity contribution in [3.05, 3.63) is 72.8 Å². The Morgan fingerprint density at radius 2 is 0.550 bits per heavy atom. The molecule has 0 saturated heterocycles. The van der Waals surface area contributed by atoms with E-state index in [2.05, 4.69) is 72.8 Å². The summed E-state index contributed by atoms with van der Waals surface area (Å²) in [6.45, 7) is 0. The van der Waals surface area contributed by atoms with E-state index in [-0.39, 0.29) is 0 Å². The van der Waals surface area contributed by atoms with Crippen LogP contribution in [0.4, 0.5) is 0 Å². The average Bonchev–Trinajstić information content (AvgIpc) is 2.54. The molecule has 6 rings (SSSR count). The molecule has 0 N–H and O–H groups in total. The first kappa shape index (κ1) is 10.8. The predicted molar refractivity (Wildman–Crippen MR) is 88.6 cm³/mol. The Morgan fingerprint density at radius 1 is 0.350 bits per heavy atom. The largest absolute Gasteiger partial charge is 0.154 e. The Kier molecular flexibility index (Phi) is 2.06. The highest BCUT2D eigenvalue weighted by molar-refractivity contribution is 7.17. The lowest BCUT2D eigenvalue weighted by atomic mass is 10.3. The van der Waals surface area contributed by atoms with Crippen LogP contribution in [0, 0.1) is 0 Å². The normalized spacial score (nSPS) is 15.6. The van der Waals surface area contributed by atoms with Crippen LogP contribution in [0.1, 0.15) is 0 Å². The second-order valence-corrected chi connectivity index (χ2v) is 10.1. The van der Waals surface area contributed by atoms with Crippen molar-refractivity contribution in [2.24, 2.45) is 0 Å². The molecule has 2 radical (unpaired) electrons. The highest BCUT2D eigenvalue weighted by Gasteiger charge is 2.42. The highest BCUT2D eigenvalue weighted by atomic mass is 28.3. The van der Waals surface area contributed by atoms with E-state index in [0.29, 0.717) is 0 Å². The minimum absolute atomic E-state index is 0.766. The maximum atomic E-state index is 2.38. The molecule has 0 nitrogen and oxygen atoms in total. The molecule has 0 unspecified atom stereocenters. The first-order valence-corrected chi connectivity index (χ1v) is 9.98. The van der Waals surface area contributed by atoms with E-state index >= 15 is 0 Å². The van der Waals surface area contributed by atoms with E-state index in [9.17, 15) is 0 Å². The maximum absolute atomic E-state index is 2.38. The van der Waals surface area contributed by atoms with Crippen LogP contribution in [-0.2, 0) is 0 Å². The molecular formula is C18H12Si2. The standard InChI is InChI=1S/C18H12Si2/c1-2-8-14-13(7-1)19-15-9-3-5-11-17(15)20(14)18-12-6-4-10-16(18)19/h1-12H. The molecule has 92 valence electrons. The number of hydrogen-bond donors (Lipinski definition) is 0. The minimum atomic E-state index is -0.766. The van der Waals surface area contributed by atoms with Crippen molar-refractivity contribution in [3.63, 3.8) is 0 Å². The summed E-state index contributed by atoms with van der Waals surface area (Å²) in [4.78, 5) is 0. The van der Waals surface area contributed by atoms with Crippen molar-refractivity contribution in [2.75, 3.05) is 0 Å². The molecule has 0 spiro atoms. The molecule has 0 aromatic heterocycles. The molecule has 0 saturated carbocycles. The van der Waals surface area contributed by atoms with Crippen LogP contribution in [0.2, 0.25) is 0 Å². The summed E-state index contributed by atoms with van der Waals surface area (Å²) in [5, 5.41) is 9.85. The van der Waals surface area contributed by atoms with Gasteiger partial charge in [0.2, 0.25) is 0 Å². The van der Waals surface area contributed by atoms with Gasteiger partial charge in [-0.15, -0.1) is 0 Å². The number of benzene rings is 3. The fourth-order valence-electron chi connectivity index (χ4n) is 3.63. The molecule has 0 fully saturated rings. The fraction of sp³-hybridized carbons (Fsp3) is 0. The molecule has 2 bridgehead atoms. The Bertz CT molecular complexity index is 656. The molecule has 3 heterocycles. The van der Waals surface area contributed by atoms with Crippen LogP contribution in [0.25, 0.3) is 0 Å². The third-order valence-corrected chi connectivity index (χ3v) is 11.0. The van der Waals surface area contributed by atoms with E-state index in [4.69, 9.17) is 0 Å². The van der Waals surface area contributed by atoms with E-state index in [1.807, 2.05) is 0 Å². The topological polar surface area (TPSA) is 0 Å². The van der Waals surface area contributed by atoms with E-state index in [1.54, 1.807) is 31.1 Å². The lowest BCUT2D eigenvalue weighted by molar-refractivity contribution is 1.70. The van der Waals surface area contributed by atoms with E-state index in [1.165, 1.54) is 0 Å². The summed E-state index contributed by atoms with van der Waals surface area (Å²) in [7, 11) is -1.53. The summed E-state index contributed by atoms with van der Waals surface area (Å²) in [6, 6.07) is 27.5. The van der Waals surface area contributed by atoms with Crippen molar-refractivity contribution in [3.8, 4) is 0 Å². The zero-order chi connectivity index (χ0) is 13.1. The van der Waals surface area contributed by atoms with Gasteiger partial charge in [0.05, 0.1) is 0 Å². The van der Waals surface area contributed by atoms with Crippen LogP contribution in [0.15, 0.2) is 72.8 Å². The van der Waals surface area contributed by atoms with Gasteiger partial charge in [0, 0.05) is 0 Å². The minimum Gasteiger partial charge on any atom is -0.0625 e. The zero-order valence-corrected chi connectivity index (χ0v) is 12.9. The molecule has 3 aromatic carbocycles. The van der Waals surface area contributed by atoms with Gasteiger partial charge in [-0.2, -0.15) is 0 Å². The van der Waals surface area contributed by atoms with Gasteiger partial charge in [-0.05, 0) is 0 Å². The van der Waals surface area contributed by atoms with Crippen molar-refractivity contribution in [1.29, 1.82) is 0 Å². The first-order chi connectivity index (χ1) is 9.95. The molecule has 0 atom stereocenters. The van der Waals surface area contributed by atoms with Crippen molar-refractivity contribution < 1.29 is 0 Å². The summed E-state index contributed by atoms with van der Waals surface area (Å²) < 4.78 is 0. The second kappa shape index (κ2) is 3.81. The van der Waals surface area contributed by atoms with Crippen molar-refractivity contribution >= 4 is 48.7 Å². The summed E-state index contributed by atoms with van der Waals surface area (Å²) in [5.41, 5.74) is 0. The Hall–Kier alpha value is -1.91. The SMILES string of the molecule is c1ccc2c(c1)[Si]1c3ccccc3[Si]2c2ccccc21. The van der Waals surface area contributed by atoms with Gasteiger partial charge in [0.25, 0.3) is 0 Å². The summed E-state index contributed by atoms with van der Waals surface area (Å²) in [6.07, 6.45) is 0. The lowest BCUT2D eigenvalue weighted by Crippen LogP contribution is -2.83.